The number of hydrogen-bond donors (Lipinski definition) is 2. The molecular weight excluding hydrogens is 339 g/mol. The molecule has 1 amide bonds. The highest BCUT2D eigenvalue weighted by Gasteiger charge is 2.12. The fourth-order valence-electron chi connectivity index (χ4n) is 2.17. The number of piperazine rings is 1. The van der Waals surface area contributed by atoms with Crippen molar-refractivity contribution in [1.29, 1.82) is 0 Å². The third kappa shape index (κ3) is 5.02. The summed E-state index contributed by atoms with van der Waals surface area (Å²) in [5.41, 5.74) is 1.33. The van der Waals surface area contributed by atoms with E-state index in [1.165, 1.54) is 18.6 Å². The Morgan fingerprint density at radius 2 is 1.87 bits per heavy atom. The van der Waals surface area contributed by atoms with Gasteiger partial charge in [0.25, 0.3) is 5.91 Å². The highest BCUT2D eigenvalue weighted by atomic mass is 35.5. The number of halogens is 2. The number of amides is 1. The van der Waals surface area contributed by atoms with Crippen LogP contribution in [-0.4, -0.2) is 47.0 Å². The molecule has 1 aliphatic rings. The second-order valence-electron chi connectivity index (χ2n) is 4.68. The van der Waals surface area contributed by atoms with Crippen LogP contribution in [0.3, 0.4) is 0 Å². The highest BCUT2D eigenvalue weighted by molar-refractivity contribution is 6.02. The number of nitrogens with one attached hydrogen (secondary N) is 2. The van der Waals surface area contributed by atoms with Gasteiger partial charge in [0, 0.05) is 38.6 Å². The molecule has 0 aliphatic carbocycles. The van der Waals surface area contributed by atoms with Gasteiger partial charge in [0.1, 0.15) is 11.5 Å². The largest absolute Gasteiger partial charge is 0.368 e. The van der Waals surface area contributed by atoms with Gasteiger partial charge in [-0.3, -0.25) is 9.78 Å². The minimum atomic E-state index is -0.314. The van der Waals surface area contributed by atoms with E-state index in [9.17, 15) is 4.79 Å². The van der Waals surface area contributed by atoms with Gasteiger partial charge in [-0.05, 0) is 12.1 Å². The third-order valence-electron chi connectivity index (χ3n) is 3.27. The van der Waals surface area contributed by atoms with Crippen LogP contribution in [-0.2, 0) is 0 Å². The molecule has 1 fully saturated rings. The summed E-state index contributed by atoms with van der Waals surface area (Å²) >= 11 is 0. The SMILES string of the molecule is Cl.Cl.O=C(Nc1ccc(N2CCNCC2)cn1)c1cnccn1. The average molecular weight is 357 g/mol. The molecule has 0 bridgehead atoms. The third-order valence-corrected chi connectivity index (χ3v) is 3.27. The Hall–Kier alpha value is -1.96. The molecule has 0 atom stereocenters. The van der Waals surface area contributed by atoms with Crippen molar-refractivity contribution in [3.8, 4) is 0 Å². The topological polar surface area (TPSA) is 83.0 Å². The molecule has 2 N–H and O–H groups in total. The Balaban J connectivity index is 0.00000132. The van der Waals surface area contributed by atoms with Gasteiger partial charge in [-0.25, -0.2) is 9.97 Å². The van der Waals surface area contributed by atoms with Gasteiger partial charge in [0.15, 0.2) is 0 Å². The van der Waals surface area contributed by atoms with Crippen molar-refractivity contribution in [1.82, 2.24) is 20.3 Å². The molecule has 0 unspecified atom stereocenters. The molecule has 3 rings (SSSR count). The summed E-state index contributed by atoms with van der Waals surface area (Å²) in [4.78, 5) is 26.3. The summed E-state index contributed by atoms with van der Waals surface area (Å²) < 4.78 is 0. The molecule has 9 heteroatoms. The Labute approximate surface area is 146 Å². The average Bonchev–Trinajstić information content (AvgIpc) is 2.57. The number of carbonyl (C=O) groups excluding carboxylic acids is 1. The lowest BCUT2D eigenvalue weighted by atomic mass is 10.3. The fraction of sp³-hybridized carbons (Fsp3) is 0.286. The van der Waals surface area contributed by atoms with Gasteiger partial charge in [0.05, 0.1) is 18.1 Å². The van der Waals surface area contributed by atoms with E-state index >= 15 is 0 Å². The predicted molar refractivity (Wildman–Crippen MR) is 93.8 cm³/mol. The second-order valence-corrected chi connectivity index (χ2v) is 4.68. The van der Waals surface area contributed by atoms with Crippen LogP contribution < -0.4 is 15.5 Å². The fourth-order valence-corrected chi connectivity index (χ4v) is 2.17. The molecule has 3 heterocycles. The van der Waals surface area contributed by atoms with Gasteiger partial charge in [-0.1, -0.05) is 0 Å². The minimum absolute atomic E-state index is 0. The van der Waals surface area contributed by atoms with Crippen molar-refractivity contribution in [2.24, 2.45) is 0 Å². The van der Waals surface area contributed by atoms with E-state index in [1.54, 1.807) is 12.3 Å². The van der Waals surface area contributed by atoms with E-state index in [4.69, 9.17) is 0 Å². The number of hydrogen-bond acceptors (Lipinski definition) is 6. The van der Waals surface area contributed by atoms with Crippen LogP contribution in [0, 0.1) is 0 Å². The van der Waals surface area contributed by atoms with E-state index in [2.05, 4.69) is 30.5 Å². The quantitative estimate of drug-likeness (QED) is 0.864. The van der Waals surface area contributed by atoms with Gasteiger partial charge < -0.3 is 15.5 Å². The van der Waals surface area contributed by atoms with Crippen LogP contribution in [0.4, 0.5) is 11.5 Å². The Morgan fingerprint density at radius 3 is 2.48 bits per heavy atom. The molecule has 1 aliphatic heterocycles. The highest BCUT2D eigenvalue weighted by Crippen LogP contribution is 2.15. The minimum Gasteiger partial charge on any atom is -0.368 e. The van der Waals surface area contributed by atoms with E-state index in [-0.39, 0.29) is 36.4 Å². The molecule has 0 aromatic carbocycles. The second kappa shape index (κ2) is 9.24. The summed E-state index contributed by atoms with van der Waals surface area (Å²) in [6.45, 7) is 3.89. The smallest absolute Gasteiger partial charge is 0.277 e. The zero-order chi connectivity index (χ0) is 14.5. The van der Waals surface area contributed by atoms with Crippen molar-refractivity contribution < 1.29 is 4.79 Å². The standard InChI is InChI=1S/C14H16N6O.2ClH/c21-14(12-10-16-3-4-17-12)19-13-2-1-11(9-18-13)20-7-5-15-6-8-20;;/h1-4,9-10,15H,5-8H2,(H,18,19,21);2*1H. The van der Waals surface area contributed by atoms with Crippen molar-refractivity contribution in [3.05, 3.63) is 42.6 Å². The Kier molecular flexibility index (Phi) is 7.67. The van der Waals surface area contributed by atoms with E-state index < -0.39 is 0 Å². The number of rotatable bonds is 3. The molecule has 7 nitrogen and oxygen atoms in total. The van der Waals surface area contributed by atoms with E-state index in [1.807, 2.05) is 6.07 Å². The van der Waals surface area contributed by atoms with Gasteiger partial charge in [-0.15, -0.1) is 24.8 Å². The summed E-state index contributed by atoms with van der Waals surface area (Å²) in [6, 6.07) is 3.76. The number of aromatic nitrogens is 3. The van der Waals surface area contributed by atoms with Gasteiger partial charge >= 0.3 is 0 Å². The summed E-state index contributed by atoms with van der Waals surface area (Å²) in [5.74, 6) is 0.190. The first-order chi connectivity index (χ1) is 10.3. The van der Waals surface area contributed by atoms with Gasteiger partial charge in [-0.2, -0.15) is 0 Å². The van der Waals surface area contributed by atoms with Crippen LogP contribution in [0.2, 0.25) is 0 Å². The Bertz CT molecular complexity index is 604. The zero-order valence-corrected chi connectivity index (χ0v) is 13.9. The molecule has 1 saturated heterocycles. The van der Waals surface area contributed by atoms with Crippen LogP contribution >= 0.6 is 24.8 Å². The maximum Gasteiger partial charge on any atom is 0.277 e. The molecule has 124 valence electrons. The van der Waals surface area contributed by atoms with Crippen LogP contribution in [0.5, 0.6) is 0 Å². The molecule has 0 saturated carbocycles. The van der Waals surface area contributed by atoms with Crippen molar-refractivity contribution in [2.75, 3.05) is 36.4 Å². The first kappa shape index (κ1) is 19.1. The number of carbonyl (C=O) groups is 1. The van der Waals surface area contributed by atoms with E-state index in [0.717, 1.165) is 31.9 Å². The first-order valence-electron chi connectivity index (χ1n) is 6.82. The lowest BCUT2D eigenvalue weighted by Crippen LogP contribution is -2.43. The predicted octanol–water partition coefficient (Wildman–Crippen LogP) is 1.38. The van der Waals surface area contributed by atoms with Crippen LogP contribution in [0.15, 0.2) is 36.9 Å². The summed E-state index contributed by atoms with van der Waals surface area (Å²) in [5, 5.41) is 6.01. The maximum absolute atomic E-state index is 11.9. The number of anilines is 2. The van der Waals surface area contributed by atoms with Crippen molar-refractivity contribution >= 4 is 42.2 Å². The Morgan fingerprint density at radius 1 is 1.09 bits per heavy atom. The number of pyridine rings is 1. The normalized spacial score (nSPS) is 13.5. The molecule has 0 spiro atoms. The first-order valence-corrected chi connectivity index (χ1v) is 6.82. The molecular formula is C14H18Cl2N6O. The molecule has 2 aromatic heterocycles. The molecule has 2 aromatic rings. The van der Waals surface area contributed by atoms with Crippen LogP contribution in [0.25, 0.3) is 0 Å². The van der Waals surface area contributed by atoms with Gasteiger partial charge in [0.2, 0.25) is 0 Å². The lowest BCUT2D eigenvalue weighted by molar-refractivity contribution is 0.102. The maximum atomic E-state index is 11.9. The lowest BCUT2D eigenvalue weighted by Gasteiger charge is -2.29. The number of nitrogens with zero attached hydrogens (tertiary/aromatic N) is 4. The zero-order valence-electron chi connectivity index (χ0n) is 12.3. The van der Waals surface area contributed by atoms with Crippen molar-refractivity contribution in [2.45, 2.75) is 0 Å². The molecule has 0 radical (unpaired) electrons. The molecule has 23 heavy (non-hydrogen) atoms. The van der Waals surface area contributed by atoms with Crippen LogP contribution in [0.1, 0.15) is 10.5 Å². The monoisotopic (exact) mass is 356 g/mol. The van der Waals surface area contributed by atoms with E-state index in [0.29, 0.717) is 5.82 Å². The van der Waals surface area contributed by atoms with Crippen molar-refractivity contribution in [3.63, 3.8) is 0 Å². The summed E-state index contributed by atoms with van der Waals surface area (Å²) in [6.07, 6.45) is 6.20. The summed E-state index contributed by atoms with van der Waals surface area (Å²) in [7, 11) is 0.